The Morgan fingerprint density at radius 2 is 1.95 bits per heavy atom. The average molecular weight is 267 g/mol. The first kappa shape index (κ1) is 12.7. The molecule has 0 amide bonds. The van der Waals surface area contributed by atoms with Gasteiger partial charge in [-0.05, 0) is 36.4 Å². The Balaban J connectivity index is 1.80. The van der Waals surface area contributed by atoms with Gasteiger partial charge in [-0.2, -0.15) is 5.10 Å². The first-order valence-electron chi connectivity index (χ1n) is 6.82. The van der Waals surface area contributed by atoms with E-state index in [4.69, 9.17) is 0 Å². The molecule has 3 aromatic rings. The second kappa shape index (κ2) is 5.33. The molecular formula is C16H17N3O. The van der Waals surface area contributed by atoms with Crippen molar-refractivity contribution in [1.29, 1.82) is 0 Å². The van der Waals surface area contributed by atoms with Crippen LogP contribution < -0.4 is 5.56 Å². The quantitative estimate of drug-likeness (QED) is 0.729. The number of nitrogens with zero attached hydrogens (tertiary/aromatic N) is 3. The second-order valence-electron chi connectivity index (χ2n) is 5.02. The molecule has 0 unspecified atom stereocenters. The molecule has 20 heavy (non-hydrogen) atoms. The number of fused-ring (bicyclic) bond motifs is 1. The maximum atomic E-state index is 12.0. The molecule has 0 radical (unpaired) electrons. The van der Waals surface area contributed by atoms with Crippen molar-refractivity contribution in [3.05, 3.63) is 64.7 Å². The maximum Gasteiger partial charge on any atom is 0.251 e. The Morgan fingerprint density at radius 1 is 1.10 bits per heavy atom. The van der Waals surface area contributed by atoms with E-state index >= 15 is 0 Å². The summed E-state index contributed by atoms with van der Waals surface area (Å²) in [7, 11) is 0. The van der Waals surface area contributed by atoms with E-state index in [0.717, 1.165) is 29.4 Å². The molecule has 2 heterocycles. The second-order valence-corrected chi connectivity index (χ2v) is 5.02. The fourth-order valence-electron chi connectivity index (χ4n) is 2.45. The van der Waals surface area contributed by atoms with Crippen molar-refractivity contribution in [1.82, 2.24) is 14.3 Å². The van der Waals surface area contributed by atoms with Crippen LogP contribution in [0, 0.1) is 6.92 Å². The minimum absolute atomic E-state index is 0.0559. The predicted molar refractivity (Wildman–Crippen MR) is 79.8 cm³/mol. The summed E-state index contributed by atoms with van der Waals surface area (Å²) in [5.41, 5.74) is 2.21. The molecule has 3 rings (SSSR count). The van der Waals surface area contributed by atoms with Gasteiger partial charge >= 0.3 is 0 Å². The fraction of sp³-hybridized carbons (Fsp3) is 0.250. The summed E-state index contributed by atoms with van der Waals surface area (Å²) in [6, 6.07) is 11.5. The van der Waals surface area contributed by atoms with Crippen LogP contribution in [-0.2, 0) is 13.1 Å². The molecule has 0 aliphatic heterocycles. The summed E-state index contributed by atoms with van der Waals surface area (Å²) in [6.45, 7) is 3.56. The van der Waals surface area contributed by atoms with Crippen LogP contribution in [0.25, 0.3) is 10.9 Å². The lowest BCUT2D eigenvalue weighted by Crippen LogP contribution is -2.20. The molecule has 0 saturated heterocycles. The SMILES string of the molecule is Cc1cnn(CCCn2c(=O)ccc3ccccc32)c1. The van der Waals surface area contributed by atoms with Crippen molar-refractivity contribution in [2.24, 2.45) is 0 Å². The van der Waals surface area contributed by atoms with E-state index < -0.39 is 0 Å². The van der Waals surface area contributed by atoms with Crippen molar-refractivity contribution in [3.8, 4) is 0 Å². The van der Waals surface area contributed by atoms with Crippen LogP contribution >= 0.6 is 0 Å². The summed E-state index contributed by atoms with van der Waals surface area (Å²) in [5.74, 6) is 0. The van der Waals surface area contributed by atoms with Gasteiger partial charge in [-0.1, -0.05) is 18.2 Å². The Kier molecular flexibility index (Phi) is 3.37. The molecule has 0 N–H and O–H groups in total. The van der Waals surface area contributed by atoms with Crippen molar-refractivity contribution < 1.29 is 0 Å². The molecule has 4 nitrogen and oxygen atoms in total. The van der Waals surface area contributed by atoms with Gasteiger partial charge in [0.05, 0.1) is 11.7 Å². The first-order valence-corrected chi connectivity index (χ1v) is 6.82. The molecule has 0 bridgehead atoms. The molecule has 0 atom stereocenters. The first-order chi connectivity index (χ1) is 9.74. The summed E-state index contributed by atoms with van der Waals surface area (Å²) in [5, 5.41) is 5.36. The molecule has 0 saturated carbocycles. The van der Waals surface area contributed by atoms with E-state index in [-0.39, 0.29) is 5.56 Å². The monoisotopic (exact) mass is 267 g/mol. The van der Waals surface area contributed by atoms with Crippen molar-refractivity contribution in [2.75, 3.05) is 0 Å². The third-order valence-corrected chi connectivity index (χ3v) is 3.43. The van der Waals surface area contributed by atoms with Crippen LogP contribution in [0.5, 0.6) is 0 Å². The summed E-state index contributed by atoms with van der Waals surface area (Å²) in [6.07, 6.45) is 4.75. The molecule has 102 valence electrons. The van der Waals surface area contributed by atoms with Crippen LogP contribution in [0.15, 0.2) is 53.6 Å². The molecule has 2 aromatic heterocycles. The van der Waals surface area contributed by atoms with Crippen molar-refractivity contribution in [3.63, 3.8) is 0 Å². The van der Waals surface area contributed by atoms with Gasteiger partial charge in [0.2, 0.25) is 0 Å². The number of hydrogen-bond acceptors (Lipinski definition) is 2. The van der Waals surface area contributed by atoms with Crippen LogP contribution in [0.4, 0.5) is 0 Å². The van der Waals surface area contributed by atoms with Gasteiger partial charge in [-0.3, -0.25) is 9.48 Å². The molecule has 4 heteroatoms. The van der Waals surface area contributed by atoms with E-state index in [2.05, 4.69) is 5.10 Å². The van der Waals surface area contributed by atoms with E-state index in [1.54, 1.807) is 6.07 Å². The number of hydrogen-bond donors (Lipinski definition) is 0. The molecule has 0 fully saturated rings. The molecule has 1 aromatic carbocycles. The third-order valence-electron chi connectivity index (χ3n) is 3.43. The lowest BCUT2D eigenvalue weighted by Gasteiger charge is -2.09. The van der Waals surface area contributed by atoms with Crippen LogP contribution in [0.3, 0.4) is 0 Å². The van der Waals surface area contributed by atoms with E-state index in [1.807, 2.05) is 58.9 Å². The lowest BCUT2D eigenvalue weighted by molar-refractivity contribution is 0.527. The Bertz CT molecular complexity index is 786. The highest BCUT2D eigenvalue weighted by molar-refractivity contribution is 5.78. The Hall–Kier alpha value is -2.36. The maximum absolute atomic E-state index is 12.0. The largest absolute Gasteiger partial charge is 0.308 e. The standard InChI is InChI=1S/C16H17N3O/c1-13-11-17-18(12-13)9-4-10-19-15-6-3-2-5-14(15)7-8-16(19)20/h2-3,5-8,11-12H,4,9-10H2,1H3. The highest BCUT2D eigenvalue weighted by atomic mass is 16.1. The van der Waals surface area contributed by atoms with Crippen LogP contribution in [0.2, 0.25) is 0 Å². The number of aryl methyl sites for hydroxylation is 3. The number of aromatic nitrogens is 3. The van der Waals surface area contributed by atoms with Gasteiger partial charge in [0, 0.05) is 25.4 Å². The summed E-state index contributed by atoms with van der Waals surface area (Å²) < 4.78 is 3.76. The van der Waals surface area contributed by atoms with Crippen LogP contribution in [-0.4, -0.2) is 14.3 Å². The fourth-order valence-corrected chi connectivity index (χ4v) is 2.45. The number of para-hydroxylation sites is 1. The van der Waals surface area contributed by atoms with Crippen molar-refractivity contribution in [2.45, 2.75) is 26.4 Å². The highest BCUT2D eigenvalue weighted by Gasteiger charge is 2.02. The van der Waals surface area contributed by atoms with Gasteiger partial charge in [0.15, 0.2) is 0 Å². The zero-order valence-electron chi connectivity index (χ0n) is 11.5. The summed E-state index contributed by atoms with van der Waals surface area (Å²) in [4.78, 5) is 12.0. The normalized spacial score (nSPS) is 11.1. The third kappa shape index (κ3) is 2.50. The minimum Gasteiger partial charge on any atom is -0.308 e. The Labute approximate surface area is 117 Å². The van der Waals surface area contributed by atoms with Gasteiger partial charge < -0.3 is 4.57 Å². The zero-order valence-corrected chi connectivity index (χ0v) is 11.5. The van der Waals surface area contributed by atoms with Gasteiger partial charge in [-0.15, -0.1) is 0 Å². The minimum atomic E-state index is 0.0559. The average Bonchev–Trinajstić information content (AvgIpc) is 2.87. The predicted octanol–water partition coefficient (Wildman–Crippen LogP) is 2.60. The van der Waals surface area contributed by atoms with Gasteiger partial charge in [0.1, 0.15) is 0 Å². The molecular weight excluding hydrogens is 250 g/mol. The number of benzene rings is 1. The zero-order chi connectivity index (χ0) is 13.9. The molecule has 0 aliphatic rings. The number of rotatable bonds is 4. The molecule has 0 aliphatic carbocycles. The topological polar surface area (TPSA) is 39.8 Å². The van der Waals surface area contributed by atoms with E-state index in [9.17, 15) is 4.79 Å². The number of pyridine rings is 1. The lowest BCUT2D eigenvalue weighted by atomic mass is 10.2. The van der Waals surface area contributed by atoms with Gasteiger partial charge in [0.25, 0.3) is 5.56 Å². The van der Waals surface area contributed by atoms with Crippen LogP contribution in [0.1, 0.15) is 12.0 Å². The van der Waals surface area contributed by atoms with E-state index in [1.165, 1.54) is 0 Å². The van der Waals surface area contributed by atoms with E-state index in [0.29, 0.717) is 6.54 Å². The highest BCUT2D eigenvalue weighted by Crippen LogP contribution is 2.11. The molecule has 0 spiro atoms. The smallest absolute Gasteiger partial charge is 0.251 e. The summed E-state index contributed by atoms with van der Waals surface area (Å²) >= 11 is 0. The Morgan fingerprint density at radius 3 is 2.75 bits per heavy atom. The van der Waals surface area contributed by atoms with Gasteiger partial charge in [-0.25, -0.2) is 0 Å². The van der Waals surface area contributed by atoms with Crippen molar-refractivity contribution >= 4 is 10.9 Å².